The fraction of sp³-hybridized carbons (Fsp3) is 0.875. The van der Waals surface area contributed by atoms with Gasteiger partial charge in [-0.3, -0.25) is 0 Å². The van der Waals surface area contributed by atoms with Crippen molar-refractivity contribution < 1.29 is 49.6 Å². The molecule has 3 rings (SSSR count). The molecule has 0 spiro atoms. The van der Waals surface area contributed by atoms with Crippen molar-refractivity contribution in [2.45, 2.75) is 68.3 Å². The van der Waals surface area contributed by atoms with E-state index in [9.17, 15) is 30.6 Å². The maximum Gasteiger partial charge on any atom is 0.189 e. The number of aliphatic hydroxyl groups excluding tert-OH is 5. The number of methoxy groups -OCH3 is 1. The van der Waals surface area contributed by atoms with Gasteiger partial charge in [0, 0.05) is 13.5 Å². The zero-order chi connectivity index (χ0) is 19.2. The van der Waals surface area contributed by atoms with E-state index in [0.717, 1.165) is 0 Å². The summed E-state index contributed by atoms with van der Waals surface area (Å²) in [7, 11) is 1.40. The second-order valence-electron chi connectivity index (χ2n) is 7.16. The van der Waals surface area contributed by atoms with Gasteiger partial charge in [0.1, 0.15) is 24.4 Å². The van der Waals surface area contributed by atoms with E-state index in [1.165, 1.54) is 14.0 Å². The lowest BCUT2D eigenvalue weighted by Gasteiger charge is -2.44. The van der Waals surface area contributed by atoms with Gasteiger partial charge in [0.25, 0.3) is 0 Å². The Bertz CT molecular complexity index is 535. The van der Waals surface area contributed by atoms with Gasteiger partial charge in [-0.1, -0.05) is 0 Å². The van der Waals surface area contributed by atoms with E-state index in [0.29, 0.717) is 5.57 Å². The van der Waals surface area contributed by atoms with Gasteiger partial charge >= 0.3 is 0 Å². The Morgan fingerprint density at radius 3 is 2.42 bits per heavy atom. The molecule has 10 heteroatoms. The zero-order valence-corrected chi connectivity index (χ0v) is 14.5. The number of fused-ring (bicyclic) bond motifs is 1. The van der Waals surface area contributed by atoms with Crippen LogP contribution in [0.5, 0.6) is 0 Å². The minimum Gasteiger partial charge on any atom is -0.394 e. The lowest BCUT2D eigenvalue weighted by atomic mass is 9.88. The van der Waals surface area contributed by atoms with Gasteiger partial charge < -0.3 is 49.6 Å². The largest absolute Gasteiger partial charge is 0.394 e. The van der Waals surface area contributed by atoms with Gasteiger partial charge in [-0.05, 0) is 18.6 Å². The maximum absolute atomic E-state index is 10.6. The van der Waals surface area contributed by atoms with Gasteiger partial charge in [0.2, 0.25) is 0 Å². The number of rotatable bonds is 4. The van der Waals surface area contributed by atoms with Gasteiger partial charge in [0.05, 0.1) is 24.2 Å². The van der Waals surface area contributed by atoms with Crippen LogP contribution >= 0.6 is 0 Å². The van der Waals surface area contributed by atoms with Crippen molar-refractivity contribution in [2.75, 3.05) is 13.7 Å². The standard InChI is InChI=1S/C16H26O10/c1-16(22)4-7(18)6-3-9(23-2)25-14(10(6)16)26-15-13(21)12(20)11(19)8(5-17)24-15/h3,7-15,17-22H,4-5H2,1-2H3. The van der Waals surface area contributed by atoms with E-state index < -0.39 is 67.5 Å². The molecule has 0 aromatic rings. The van der Waals surface area contributed by atoms with Crippen LogP contribution in [0.2, 0.25) is 0 Å². The Morgan fingerprint density at radius 1 is 1.12 bits per heavy atom. The molecule has 2 fully saturated rings. The summed E-state index contributed by atoms with van der Waals surface area (Å²) in [6.45, 7) is 0.934. The van der Waals surface area contributed by atoms with Gasteiger partial charge in [0.15, 0.2) is 18.9 Å². The molecule has 26 heavy (non-hydrogen) atoms. The summed E-state index contributed by atoms with van der Waals surface area (Å²) in [4.78, 5) is 0. The molecular weight excluding hydrogens is 352 g/mol. The van der Waals surface area contributed by atoms with E-state index in [1.54, 1.807) is 6.08 Å². The van der Waals surface area contributed by atoms with E-state index in [-0.39, 0.29) is 6.42 Å². The monoisotopic (exact) mass is 378 g/mol. The summed E-state index contributed by atoms with van der Waals surface area (Å²) in [6, 6.07) is 0. The molecule has 1 aliphatic carbocycles. The summed E-state index contributed by atoms with van der Waals surface area (Å²) in [5.74, 6) is -0.753. The van der Waals surface area contributed by atoms with E-state index in [4.69, 9.17) is 18.9 Å². The molecule has 0 radical (unpaired) electrons. The summed E-state index contributed by atoms with van der Waals surface area (Å²) in [5, 5.41) is 60.0. The fourth-order valence-electron chi connectivity index (χ4n) is 3.82. The first-order valence-electron chi connectivity index (χ1n) is 8.46. The third-order valence-electron chi connectivity index (χ3n) is 5.24. The highest BCUT2D eigenvalue weighted by atomic mass is 16.8. The average Bonchev–Trinajstić information content (AvgIpc) is 2.84. The van der Waals surface area contributed by atoms with Crippen molar-refractivity contribution in [2.24, 2.45) is 5.92 Å². The molecule has 0 bridgehead atoms. The quantitative estimate of drug-likeness (QED) is 0.282. The smallest absolute Gasteiger partial charge is 0.189 e. The molecule has 10 nitrogen and oxygen atoms in total. The van der Waals surface area contributed by atoms with Crippen molar-refractivity contribution in [3.05, 3.63) is 11.6 Å². The minimum absolute atomic E-state index is 0.0673. The second-order valence-corrected chi connectivity index (χ2v) is 7.16. The van der Waals surface area contributed by atoms with Gasteiger partial charge in [-0.15, -0.1) is 0 Å². The van der Waals surface area contributed by atoms with Crippen LogP contribution in [0, 0.1) is 5.92 Å². The lowest BCUT2D eigenvalue weighted by Crippen LogP contribution is -2.60. The number of aliphatic hydroxyl groups is 6. The van der Waals surface area contributed by atoms with Crippen LogP contribution in [0.3, 0.4) is 0 Å². The highest BCUT2D eigenvalue weighted by Gasteiger charge is 2.55. The number of hydrogen-bond acceptors (Lipinski definition) is 10. The summed E-state index contributed by atoms with van der Waals surface area (Å²) >= 11 is 0. The highest BCUT2D eigenvalue weighted by molar-refractivity contribution is 5.27. The molecule has 10 unspecified atom stereocenters. The first kappa shape index (κ1) is 20.1. The van der Waals surface area contributed by atoms with Crippen molar-refractivity contribution in [3.8, 4) is 0 Å². The Hall–Kier alpha value is -0.660. The van der Waals surface area contributed by atoms with Crippen molar-refractivity contribution in [1.29, 1.82) is 0 Å². The minimum atomic E-state index is -1.61. The molecule has 150 valence electrons. The second kappa shape index (κ2) is 7.40. The number of hydrogen-bond donors (Lipinski definition) is 6. The SMILES string of the molecule is COC1C=C2C(O)CC(C)(O)C2C(OC2OC(CO)C(O)C(O)C2O)O1. The molecule has 6 N–H and O–H groups in total. The Balaban J connectivity index is 1.82. The zero-order valence-electron chi connectivity index (χ0n) is 14.5. The molecule has 0 amide bonds. The summed E-state index contributed by atoms with van der Waals surface area (Å²) in [6.07, 6.45) is -8.57. The predicted molar refractivity (Wildman–Crippen MR) is 83.3 cm³/mol. The third kappa shape index (κ3) is 3.42. The van der Waals surface area contributed by atoms with Crippen LogP contribution in [0.4, 0.5) is 0 Å². The average molecular weight is 378 g/mol. The fourth-order valence-corrected chi connectivity index (χ4v) is 3.82. The topological polar surface area (TPSA) is 158 Å². The van der Waals surface area contributed by atoms with Crippen LogP contribution in [0.25, 0.3) is 0 Å². The Morgan fingerprint density at radius 2 is 1.81 bits per heavy atom. The highest BCUT2D eigenvalue weighted by Crippen LogP contribution is 2.46. The molecule has 2 aliphatic heterocycles. The van der Waals surface area contributed by atoms with Crippen LogP contribution < -0.4 is 0 Å². The summed E-state index contributed by atoms with van der Waals surface area (Å²) in [5.41, 5.74) is -0.856. The molecule has 1 saturated heterocycles. The van der Waals surface area contributed by atoms with E-state index >= 15 is 0 Å². The van der Waals surface area contributed by atoms with Crippen molar-refractivity contribution in [3.63, 3.8) is 0 Å². The lowest BCUT2D eigenvalue weighted by molar-refractivity contribution is -0.362. The first-order chi connectivity index (χ1) is 12.2. The molecule has 1 saturated carbocycles. The Kier molecular flexibility index (Phi) is 5.71. The predicted octanol–water partition coefficient (Wildman–Crippen LogP) is -2.81. The summed E-state index contributed by atoms with van der Waals surface area (Å²) < 4.78 is 21.8. The maximum atomic E-state index is 10.6. The molecule has 3 aliphatic rings. The number of ether oxygens (including phenoxy) is 4. The molecule has 2 heterocycles. The normalized spacial score (nSPS) is 51.8. The molecule has 0 aromatic heterocycles. The third-order valence-corrected chi connectivity index (χ3v) is 5.24. The van der Waals surface area contributed by atoms with Crippen LogP contribution in [0.1, 0.15) is 13.3 Å². The van der Waals surface area contributed by atoms with Gasteiger partial charge in [-0.25, -0.2) is 0 Å². The van der Waals surface area contributed by atoms with Crippen molar-refractivity contribution >= 4 is 0 Å². The van der Waals surface area contributed by atoms with Gasteiger partial charge in [-0.2, -0.15) is 0 Å². The molecule has 10 atom stereocenters. The van der Waals surface area contributed by atoms with Crippen molar-refractivity contribution in [1.82, 2.24) is 0 Å². The van der Waals surface area contributed by atoms with Crippen LogP contribution in [0.15, 0.2) is 11.6 Å². The van der Waals surface area contributed by atoms with Crippen LogP contribution in [-0.2, 0) is 18.9 Å². The molecular formula is C16H26O10. The molecule has 0 aromatic carbocycles. The first-order valence-corrected chi connectivity index (χ1v) is 8.46. The Labute approximate surface area is 150 Å². The van der Waals surface area contributed by atoms with Crippen LogP contribution in [-0.4, -0.2) is 99.3 Å². The van der Waals surface area contributed by atoms with E-state index in [2.05, 4.69) is 0 Å². The van der Waals surface area contributed by atoms with E-state index in [1.807, 2.05) is 0 Å².